The second-order valence-electron chi connectivity index (χ2n) is 8.95. The van der Waals surface area contributed by atoms with Crippen molar-refractivity contribution in [2.75, 3.05) is 36.2 Å². The minimum absolute atomic E-state index is 0.0756. The Morgan fingerprint density at radius 3 is 2.38 bits per heavy atom. The summed E-state index contributed by atoms with van der Waals surface area (Å²) in [5.74, 6) is -1.25. The average molecular weight is 526 g/mol. The van der Waals surface area contributed by atoms with Gasteiger partial charge in [0.1, 0.15) is 11.9 Å². The normalized spacial score (nSPS) is 15.4. The largest absolute Gasteiger partial charge is 0.378 e. The van der Waals surface area contributed by atoms with Crippen LogP contribution in [0.15, 0.2) is 71.6 Å². The molecule has 1 fully saturated rings. The fraction of sp³-hybridized carbons (Fsp3) is 0.231. The van der Waals surface area contributed by atoms with Crippen molar-refractivity contribution < 1.29 is 22.4 Å². The van der Waals surface area contributed by atoms with E-state index in [4.69, 9.17) is 5.14 Å². The number of carbonyl (C=O) groups is 2. The smallest absolute Gasteiger partial charge is 0.322 e. The van der Waals surface area contributed by atoms with E-state index in [0.717, 1.165) is 11.8 Å². The first-order valence-electron chi connectivity index (χ1n) is 11.6. The molecule has 1 saturated heterocycles. The number of carbonyl (C=O) groups excluding carboxylic acids is 2. The fourth-order valence-electron chi connectivity index (χ4n) is 4.27. The van der Waals surface area contributed by atoms with Crippen LogP contribution in [-0.4, -0.2) is 51.9 Å². The molecule has 1 unspecified atom stereocenters. The molecule has 11 heteroatoms. The zero-order valence-electron chi connectivity index (χ0n) is 20.4. The predicted molar refractivity (Wildman–Crippen MR) is 141 cm³/mol. The molecule has 1 aliphatic heterocycles. The number of halogens is 1. The second-order valence-corrected chi connectivity index (χ2v) is 10.5. The van der Waals surface area contributed by atoms with Gasteiger partial charge >= 0.3 is 6.03 Å². The Morgan fingerprint density at radius 2 is 1.73 bits per heavy atom. The Kier molecular flexibility index (Phi) is 7.46. The lowest BCUT2D eigenvalue weighted by molar-refractivity contribution is -0.119. The first-order chi connectivity index (χ1) is 17.5. The third-order valence-electron chi connectivity index (χ3n) is 6.18. The molecule has 3 aromatic rings. The zero-order valence-corrected chi connectivity index (χ0v) is 21.3. The first kappa shape index (κ1) is 26.1. The molecule has 4 N–H and O–H groups in total. The molecule has 3 amide bonds. The molecule has 4 rings (SSSR count). The quantitative estimate of drug-likeness (QED) is 0.451. The van der Waals surface area contributed by atoms with Crippen LogP contribution in [0.25, 0.3) is 11.1 Å². The average Bonchev–Trinajstić information content (AvgIpc) is 3.35. The first-order valence-corrected chi connectivity index (χ1v) is 13.2. The summed E-state index contributed by atoms with van der Waals surface area (Å²) in [5.41, 5.74) is 2.05. The number of nitrogens with one attached hydrogen (secondary N) is 2. The lowest BCUT2D eigenvalue weighted by Crippen LogP contribution is -2.45. The highest BCUT2D eigenvalue weighted by molar-refractivity contribution is 7.89. The molecule has 0 radical (unpaired) electrons. The van der Waals surface area contributed by atoms with Crippen LogP contribution >= 0.6 is 0 Å². The van der Waals surface area contributed by atoms with Crippen LogP contribution in [0.5, 0.6) is 0 Å². The monoisotopic (exact) mass is 525 g/mol. The standard InChI is InChI=1S/C26H28FN5O4S/c1-31(2)19-12-10-18(11-13-19)29-26(34)32-15-5-7-23(32)25(33)30-22-14-9-17(16-21(22)27)20-6-3-4-8-24(20)37(28,35)36/h3-4,6,8-14,16,23H,5,7,15H2,1-2H3,(H,29,34)(H,30,33)(H2,28,35,36). The van der Waals surface area contributed by atoms with Crippen LogP contribution in [0.2, 0.25) is 0 Å². The highest BCUT2D eigenvalue weighted by Gasteiger charge is 2.34. The van der Waals surface area contributed by atoms with Crippen molar-refractivity contribution >= 4 is 39.0 Å². The maximum absolute atomic E-state index is 15.0. The van der Waals surface area contributed by atoms with E-state index in [9.17, 15) is 22.4 Å². The van der Waals surface area contributed by atoms with Crippen LogP contribution in [0.4, 0.5) is 26.2 Å². The minimum atomic E-state index is -4.02. The second kappa shape index (κ2) is 10.6. The number of urea groups is 1. The Labute approximate surface area is 215 Å². The predicted octanol–water partition coefficient (Wildman–Crippen LogP) is 3.84. The number of rotatable bonds is 6. The van der Waals surface area contributed by atoms with Crippen LogP contribution in [-0.2, 0) is 14.8 Å². The number of primary sulfonamides is 1. The molecule has 0 aliphatic carbocycles. The summed E-state index contributed by atoms with van der Waals surface area (Å²) in [6, 6.07) is 16.1. The molecule has 0 bridgehead atoms. The van der Waals surface area contributed by atoms with Gasteiger partial charge in [0, 0.05) is 37.6 Å². The van der Waals surface area contributed by atoms with Gasteiger partial charge < -0.3 is 20.4 Å². The van der Waals surface area contributed by atoms with Crippen LogP contribution in [0, 0.1) is 5.82 Å². The van der Waals surface area contributed by atoms with Crippen molar-refractivity contribution in [2.45, 2.75) is 23.8 Å². The summed E-state index contributed by atoms with van der Waals surface area (Å²) in [6.45, 7) is 0.394. The van der Waals surface area contributed by atoms with Gasteiger partial charge in [-0.1, -0.05) is 24.3 Å². The molecule has 1 atom stereocenters. The minimum Gasteiger partial charge on any atom is -0.378 e. The number of likely N-dealkylation sites (tertiary alicyclic amines) is 1. The van der Waals surface area contributed by atoms with Gasteiger partial charge in [0.2, 0.25) is 15.9 Å². The number of hydrogen-bond acceptors (Lipinski definition) is 5. The van der Waals surface area contributed by atoms with Gasteiger partial charge in [0.15, 0.2) is 0 Å². The van der Waals surface area contributed by atoms with Gasteiger partial charge in [-0.25, -0.2) is 22.7 Å². The van der Waals surface area contributed by atoms with E-state index in [1.54, 1.807) is 18.2 Å². The summed E-state index contributed by atoms with van der Waals surface area (Å²) in [6.07, 6.45) is 1.08. The summed E-state index contributed by atoms with van der Waals surface area (Å²) in [5, 5.41) is 10.7. The van der Waals surface area contributed by atoms with Crippen molar-refractivity contribution in [3.63, 3.8) is 0 Å². The molecule has 9 nitrogen and oxygen atoms in total. The van der Waals surface area contributed by atoms with Gasteiger partial charge in [-0.2, -0.15) is 0 Å². The third-order valence-corrected chi connectivity index (χ3v) is 7.15. The lowest BCUT2D eigenvalue weighted by Gasteiger charge is -2.24. The Balaban J connectivity index is 1.47. The molecule has 37 heavy (non-hydrogen) atoms. The van der Waals surface area contributed by atoms with Crippen molar-refractivity contribution in [1.29, 1.82) is 0 Å². The molecule has 1 heterocycles. The molecule has 1 aliphatic rings. The summed E-state index contributed by atoms with van der Waals surface area (Å²) < 4.78 is 38.8. The molecular weight excluding hydrogens is 497 g/mol. The van der Waals surface area contributed by atoms with Gasteiger partial charge in [-0.15, -0.1) is 0 Å². The number of sulfonamides is 1. The van der Waals surface area contributed by atoms with Crippen LogP contribution < -0.4 is 20.7 Å². The summed E-state index contributed by atoms with van der Waals surface area (Å²) in [4.78, 5) is 29.1. The number of benzene rings is 3. The van der Waals surface area contributed by atoms with E-state index in [-0.39, 0.29) is 16.1 Å². The topological polar surface area (TPSA) is 125 Å². The summed E-state index contributed by atoms with van der Waals surface area (Å²) >= 11 is 0. The third kappa shape index (κ3) is 5.89. The number of hydrogen-bond donors (Lipinski definition) is 3. The van der Waals surface area contributed by atoms with Crippen molar-refractivity contribution in [1.82, 2.24) is 4.90 Å². The van der Waals surface area contributed by atoms with Crippen LogP contribution in [0.1, 0.15) is 12.8 Å². The Morgan fingerprint density at radius 1 is 1.03 bits per heavy atom. The maximum Gasteiger partial charge on any atom is 0.322 e. The molecule has 0 saturated carbocycles. The SMILES string of the molecule is CN(C)c1ccc(NC(=O)N2CCCC2C(=O)Nc2ccc(-c3ccccc3S(N)(=O)=O)cc2F)cc1. The number of anilines is 3. The number of nitrogens with zero attached hydrogens (tertiary/aromatic N) is 2. The van der Waals surface area contributed by atoms with E-state index in [2.05, 4.69) is 10.6 Å². The highest BCUT2D eigenvalue weighted by atomic mass is 32.2. The molecule has 0 aromatic heterocycles. The number of amides is 3. The van der Waals surface area contributed by atoms with E-state index < -0.39 is 33.8 Å². The van der Waals surface area contributed by atoms with Crippen LogP contribution in [0.3, 0.4) is 0 Å². The van der Waals surface area contributed by atoms with E-state index in [1.165, 1.54) is 35.2 Å². The number of nitrogens with two attached hydrogens (primary N) is 1. The Bertz CT molecular complexity index is 1430. The highest BCUT2D eigenvalue weighted by Crippen LogP contribution is 2.30. The van der Waals surface area contributed by atoms with Gasteiger partial charge in [0.25, 0.3) is 0 Å². The van der Waals surface area contributed by atoms with Crippen molar-refractivity contribution in [3.05, 3.63) is 72.5 Å². The zero-order chi connectivity index (χ0) is 26.7. The van der Waals surface area contributed by atoms with Crippen molar-refractivity contribution in [3.8, 4) is 11.1 Å². The van der Waals surface area contributed by atoms with E-state index >= 15 is 0 Å². The van der Waals surface area contributed by atoms with E-state index in [1.807, 2.05) is 31.1 Å². The molecule has 0 spiro atoms. The van der Waals surface area contributed by atoms with Gasteiger partial charge in [-0.3, -0.25) is 4.79 Å². The maximum atomic E-state index is 15.0. The summed E-state index contributed by atoms with van der Waals surface area (Å²) in [7, 11) is -0.180. The van der Waals surface area contributed by atoms with Gasteiger partial charge in [0.05, 0.1) is 10.6 Å². The lowest BCUT2D eigenvalue weighted by atomic mass is 10.0. The molecule has 3 aromatic carbocycles. The fourth-order valence-corrected chi connectivity index (χ4v) is 5.03. The molecular formula is C26H28FN5O4S. The van der Waals surface area contributed by atoms with Gasteiger partial charge in [-0.05, 0) is 60.9 Å². The van der Waals surface area contributed by atoms with Crippen molar-refractivity contribution in [2.24, 2.45) is 5.14 Å². The van der Waals surface area contributed by atoms with E-state index in [0.29, 0.717) is 30.6 Å². The molecule has 194 valence electrons. The Hall–Kier alpha value is -3.96.